The zero-order valence-corrected chi connectivity index (χ0v) is 21.2. The Morgan fingerprint density at radius 1 is 1.14 bits per heavy atom. The predicted octanol–water partition coefficient (Wildman–Crippen LogP) is 4.29. The normalized spacial score (nSPS) is 18.3. The van der Waals surface area contributed by atoms with Crippen LogP contribution in [-0.4, -0.2) is 44.6 Å². The molecule has 1 aliphatic heterocycles. The molecule has 0 unspecified atom stereocenters. The van der Waals surface area contributed by atoms with E-state index in [1.165, 1.54) is 0 Å². The van der Waals surface area contributed by atoms with Gasteiger partial charge in [0.2, 0.25) is 5.88 Å². The third-order valence-electron chi connectivity index (χ3n) is 6.94. The number of benzene rings is 1. The fourth-order valence-corrected chi connectivity index (χ4v) is 5.32. The molecule has 0 saturated heterocycles. The molecule has 4 heterocycles. The fraction of sp³-hybridized carbons (Fsp3) is 0.321. The van der Waals surface area contributed by atoms with Gasteiger partial charge in [0, 0.05) is 37.2 Å². The van der Waals surface area contributed by atoms with E-state index in [9.17, 15) is 4.79 Å². The first-order chi connectivity index (χ1) is 17.9. The quantitative estimate of drug-likeness (QED) is 0.402. The van der Waals surface area contributed by atoms with Crippen molar-refractivity contribution in [3.63, 3.8) is 0 Å². The average molecular weight is 498 g/mol. The first-order valence-electron chi connectivity index (χ1n) is 12.2. The molecular weight excluding hydrogens is 470 g/mol. The highest BCUT2D eigenvalue weighted by Crippen LogP contribution is 2.50. The lowest BCUT2D eigenvalue weighted by Crippen LogP contribution is -2.33. The van der Waals surface area contributed by atoms with E-state index in [1.807, 2.05) is 30.3 Å². The number of carbonyl (C=O) groups excluding carboxylic acids is 1. The Hall–Kier alpha value is -4.27. The summed E-state index contributed by atoms with van der Waals surface area (Å²) in [7, 11) is 3.22. The lowest BCUT2D eigenvalue weighted by Gasteiger charge is -2.37. The van der Waals surface area contributed by atoms with Crippen LogP contribution in [0.2, 0.25) is 0 Å². The second kappa shape index (κ2) is 8.69. The molecule has 37 heavy (non-hydrogen) atoms. The minimum atomic E-state index is -0.384. The molecule has 0 N–H and O–H groups in total. The zero-order chi connectivity index (χ0) is 25.7. The van der Waals surface area contributed by atoms with Crippen molar-refractivity contribution < 1.29 is 19.0 Å². The average Bonchev–Trinajstić information content (AvgIpc) is 3.29. The molecule has 1 aliphatic carbocycles. The number of hydrogen-bond acceptors (Lipinski definition) is 8. The van der Waals surface area contributed by atoms with Gasteiger partial charge >= 0.3 is 0 Å². The minimum absolute atomic E-state index is 0.0813. The Morgan fingerprint density at radius 2 is 1.97 bits per heavy atom. The zero-order valence-electron chi connectivity index (χ0n) is 21.2. The monoisotopic (exact) mass is 497 g/mol. The van der Waals surface area contributed by atoms with Crippen molar-refractivity contribution in [1.29, 1.82) is 0 Å². The molecule has 0 radical (unpaired) electrons. The molecule has 1 aromatic carbocycles. The van der Waals surface area contributed by atoms with Gasteiger partial charge in [-0.05, 0) is 34.7 Å². The molecule has 2 aliphatic rings. The molecule has 0 amide bonds. The van der Waals surface area contributed by atoms with Crippen molar-refractivity contribution in [2.45, 2.75) is 39.0 Å². The van der Waals surface area contributed by atoms with E-state index in [1.54, 1.807) is 37.5 Å². The van der Waals surface area contributed by atoms with E-state index in [-0.39, 0.29) is 17.1 Å². The SMILES string of the molecule is COc1ccc(Cc2nc3c4c(ncn3n2)OC2=C(C(=O)CC(C)(C)C2)[C@@H]4c2cccnc2)cc1OC. The Morgan fingerprint density at radius 3 is 2.73 bits per heavy atom. The van der Waals surface area contributed by atoms with E-state index in [0.717, 1.165) is 16.7 Å². The van der Waals surface area contributed by atoms with E-state index in [4.69, 9.17) is 19.2 Å². The van der Waals surface area contributed by atoms with Crippen LogP contribution in [0.1, 0.15) is 55.1 Å². The highest BCUT2D eigenvalue weighted by molar-refractivity contribution is 6.00. The number of methoxy groups -OCH3 is 2. The van der Waals surface area contributed by atoms with Crippen LogP contribution in [0.4, 0.5) is 0 Å². The highest BCUT2D eigenvalue weighted by atomic mass is 16.5. The molecule has 0 spiro atoms. The van der Waals surface area contributed by atoms with Gasteiger partial charge in [-0.15, -0.1) is 5.10 Å². The molecule has 188 valence electrons. The summed E-state index contributed by atoms with van der Waals surface area (Å²) in [6.45, 7) is 4.17. The number of Topliss-reactive ketones (excluding diaryl/α,β-unsaturated/α-hetero) is 1. The molecular formula is C28H27N5O4. The second-order valence-corrected chi connectivity index (χ2v) is 10.2. The van der Waals surface area contributed by atoms with Crippen LogP contribution in [-0.2, 0) is 11.2 Å². The molecule has 4 aromatic rings. The van der Waals surface area contributed by atoms with Gasteiger partial charge in [0.05, 0.1) is 25.7 Å². The van der Waals surface area contributed by atoms with Gasteiger partial charge in [0.15, 0.2) is 28.8 Å². The first kappa shape index (κ1) is 23.1. The Balaban J connectivity index is 1.47. The molecule has 9 heteroatoms. The van der Waals surface area contributed by atoms with Gasteiger partial charge in [-0.2, -0.15) is 0 Å². The predicted molar refractivity (Wildman–Crippen MR) is 135 cm³/mol. The number of aromatic nitrogens is 5. The van der Waals surface area contributed by atoms with Crippen LogP contribution in [0.3, 0.4) is 0 Å². The van der Waals surface area contributed by atoms with Crippen molar-refractivity contribution in [1.82, 2.24) is 24.6 Å². The van der Waals surface area contributed by atoms with Gasteiger partial charge < -0.3 is 14.2 Å². The van der Waals surface area contributed by atoms with Crippen molar-refractivity contribution >= 4 is 11.4 Å². The summed E-state index contributed by atoms with van der Waals surface area (Å²) < 4.78 is 18.8. The van der Waals surface area contributed by atoms with Crippen molar-refractivity contribution in [2.75, 3.05) is 14.2 Å². The summed E-state index contributed by atoms with van der Waals surface area (Å²) in [5, 5.41) is 4.69. The van der Waals surface area contributed by atoms with Crippen LogP contribution >= 0.6 is 0 Å². The summed E-state index contributed by atoms with van der Waals surface area (Å²) in [4.78, 5) is 27.3. The van der Waals surface area contributed by atoms with E-state index in [2.05, 4.69) is 28.9 Å². The van der Waals surface area contributed by atoms with Gasteiger partial charge in [-0.3, -0.25) is 9.78 Å². The Labute approximate surface area is 214 Å². The lowest BCUT2D eigenvalue weighted by molar-refractivity contribution is -0.118. The van der Waals surface area contributed by atoms with Crippen molar-refractivity contribution in [2.24, 2.45) is 5.41 Å². The maximum atomic E-state index is 13.5. The molecule has 9 nitrogen and oxygen atoms in total. The molecule has 0 fully saturated rings. The van der Waals surface area contributed by atoms with Crippen LogP contribution in [0.25, 0.3) is 5.65 Å². The van der Waals surface area contributed by atoms with Crippen LogP contribution < -0.4 is 14.2 Å². The Bertz CT molecular complexity index is 1560. The summed E-state index contributed by atoms with van der Waals surface area (Å²) in [6.07, 6.45) is 6.73. The number of nitrogens with zero attached hydrogens (tertiary/aromatic N) is 5. The number of rotatable bonds is 5. The van der Waals surface area contributed by atoms with Gasteiger partial charge in [0.1, 0.15) is 12.1 Å². The second-order valence-electron chi connectivity index (χ2n) is 10.2. The first-order valence-corrected chi connectivity index (χ1v) is 12.2. The minimum Gasteiger partial charge on any atom is -0.493 e. The summed E-state index contributed by atoms with van der Waals surface area (Å²) in [5.41, 5.74) is 3.70. The molecule has 0 saturated carbocycles. The lowest BCUT2D eigenvalue weighted by atomic mass is 9.70. The molecule has 1 atom stereocenters. The standard InChI is InChI=1S/C28H27N5O4/c1-28(2)12-18(34)24-21(13-28)37-27-25(23(24)17-6-5-9-29-14-17)26-31-22(32-33(26)15-30-27)11-16-7-8-19(35-3)20(10-16)36-4/h5-10,14-15,23H,11-13H2,1-4H3/t23-/m0/s1. The van der Waals surface area contributed by atoms with Crippen LogP contribution in [0.15, 0.2) is 60.4 Å². The van der Waals surface area contributed by atoms with Gasteiger partial charge in [-0.1, -0.05) is 26.0 Å². The maximum absolute atomic E-state index is 13.5. The van der Waals surface area contributed by atoms with E-state index >= 15 is 0 Å². The highest BCUT2D eigenvalue weighted by Gasteiger charge is 2.44. The largest absolute Gasteiger partial charge is 0.493 e. The van der Waals surface area contributed by atoms with Crippen molar-refractivity contribution in [3.8, 4) is 17.4 Å². The number of carbonyl (C=O) groups is 1. The molecule has 6 rings (SSSR count). The molecule has 3 aromatic heterocycles. The summed E-state index contributed by atoms with van der Waals surface area (Å²) >= 11 is 0. The fourth-order valence-electron chi connectivity index (χ4n) is 5.32. The number of hydrogen-bond donors (Lipinski definition) is 0. The number of pyridine rings is 1. The Kier molecular flexibility index (Phi) is 5.43. The van der Waals surface area contributed by atoms with Crippen molar-refractivity contribution in [3.05, 3.63) is 82.9 Å². The van der Waals surface area contributed by atoms with Gasteiger partial charge in [0.25, 0.3) is 0 Å². The third kappa shape index (κ3) is 4.00. The smallest absolute Gasteiger partial charge is 0.228 e. The summed E-state index contributed by atoms with van der Waals surface area (Å²) in [5.74, 6) is 2.76. The maximum Gasteiger partial charge on any atom is 0.228 e. The van der Waals surface area contributed by atoms with E-state index in [0.29, 0.717) is 59.4 Å². The van der Waals surface area contributed by atoms with E-state index < -0.39 is 0 Å². The number of ketones is 1. The summed E-state index contributed by atoms with van der Waals surface area (Å²) in [6, 6.07) is 9.60. The number of fused-ring (bicyclic) bond motifs is 3. The number of ether oxygens (including phenoxy) is 3. The topological polar surface area (TPSA) is 101 Å². The van der Waals surface area contributed by atoms with Crippen LogP contribution in [0, 0.1) is 5.41 Å². The third-order valence-corrected chi connectivity index (χ3v) is 6.94. The molecule has 0 bridgehead atoms. The van der Waals surface area contributed by atoms with Crippen LogP contribution in [0.5, 0.6) is 17.4 Å². The number of allylic oxidation sites excluding steroid dienone is 2. The van der Waals surface area contributed by atoms with Gasteiger partial charge in [-0.25, -0.2) is 14.5 Å².